The number of nitrogens with two attached hydrogens (primary N) is 1. The molecule has 2 heterocycles. The highest BCUT2D eigenvalue weighted by Crippen LogP contribution is 2.20. The van der Waals surface area contributed by atoms with Crippen molar-refractivity contribution in [1.29, 1.82) is 0 Å². The Labute approximate surface area is 141 Å². The summed E-state index contributed by atoms with van der Waals surface area (Å²) in [6.07, 6.45) is 0.0337. The fourth-order valence-corrected chi connectivity index (χ4v) is 2.94. The monoisotopic (exact) mass is 339 g/mol. The van der Waals surface area contributed by atoms with Crippen molar-refractivity contribution >= 4 is 29.3 Å². The van der Waals surface area contributed by atoms with Gasteiger partial charge in [0.25, 0.3) is 0 Å². The Bertz CT molecular complexity index is 662. The van der Waals surface area contributed by atoms with Crippen LogP contribution in [0.5, 0.6) is 0 Å². The minimum absolute atomic E-state index is 0. The van der Waals surface area contributed by atoms with Crippen LogP contribution < -0.4 is 5.73 Å². The van der Waals surface area contributed by atoms with E-state index >= 15 is 0 Å². The van der Waals surface area contributed by atoms with Gasteiger partial charge in [0.1, 0.15) is 12.1 Å². The summed E-state index contributed by atoms with van der Waals surface area (Å²) in [6, 6.07) is 7.62. The zero-order valence-electron chi connectivity index (χ0n) is 13.1. The second-order valence-corrected chi connectivity index (χ2v) is 5.52. The molecule has 1 aliphatic rings. The molecule has 7 nitrogen and oxygen atoms in total. The summed E-state index contributed by atoms with van der Waals surface area (Å²) >= 11 is 0. The average molecular weight is 340 g/mol. The lowest BCUT2D eigenvalue weighted by atomic mass is 10.1. The predicted octanol–water partition coefficient (Wildman–Crippen LogP) is 0.675. The zero-order valence-corrected chi connectivity index (χ0v) is 13.9. The quantitative estimate of drug-likeness (QED) is 0.865. The van der Waals surface area contributed by atoms with Gasteiger partial charge in [0.15, 0.2) is 0 Å². The molecule has 1 aliphatic heterocycles. The van der Waals surface area contributed by atoms with Crippen LogP contribution in [0.15, 0.2) is 24.3 Å². The van der Waals surface area contributed by atoms with E-state index in [2.05, 4.69) is 10.3 Å². The van der Waals surface area contributed by atoms with Crippen molar-refractivity contribution in [3.8, 4) is 0 Å². The third-order valence-corrected chi connectivity index (χ3v) is 4.12. The normalized spacial score (nSPS) is 20.7. The van der Waals surface area contributed by atoms with Gasteiger partial charge in [-0.2, -0.15) is 0 Å². The van der Waals surface area contributed by atoms with Gasteiger partial charge < -0.3 is 15.4 Å². The zero-order chi connectivity index (χ0) is 15.5. The van der Waals surface area contributed by atoms with E-state index in [9.17, 15) is 4.79 Å². The molecule has 1 aromatic carbocycles. The lowest BCUT2D eigenvalue weighted by Gasteiger charge is -2.16. The van der Waals surface area contributed by atoms with Crippen LogP contribution in [0, 0.1) is 5.92 Å². The Morgan fingerprint density at radius 3 is 2.91 bits per heavy atom. The van der Waals surface area contributed by atoms with Crippen LogP contribution in [0.25, 0.3) is 11.0 Å². The maximum atomic E-state index is 12.5. The number of nitrogens with zero attached hydrogens (tertiary/aromatic N) is 4. The number of ether oxygens (including phenoxy) is 1. The molecule has 8 heteroatoms. The molecule has 0 aliphatic carbocycles. The van der Waals surface area contributed by atoms with Crippen molar-refractivity contribution in [2.24, 2.45) is 11.7 Å². The first-order valence-corrected chi connectivity index (χ1v) is 7.60. The van der Waals surface area contributed by atoms with Crippen LogP contribution in [-0.4, -0.2) is 58.1 Å². The Morgan fingerprint density at radius 1 is 1.39 bits per heavy atom. The summed E-state index contributed by atoms with van der Waals surface area (Å²) in [7, 11) is 0. The summed E-state index contributed by atoms with van der Waals surface area (Å²) in [5.41, 5.74) is 7.44. The highest BCUT2D eigenvalue weighted by molar-refractivity contribution is 5.85. The second-order valence-electron chi connectivity index (χ2n) is 5.52. The fraction of sp³-hybridized carbons (Fsp3) is 0.533. The molecule has 1 aromatic heterocycles. The van der Waals surface area contributed by atoms with Gasteiger partial charge in [0.05, 0.1) is 11.6 Å². The highest BCUT2D eigenvalue weighted by Gasteiger charge is 2.34. The van der Waals surface area contributed by atoms with E-state index in [1.807, 2.05) is 36.1 Å². The van der Waals surface area contributed by atoms with Gasteiger partial charge in [0.2, 0.25) is 5.91 Å². The first-order chi connectivity index (χ1) is 10.7. The molecule has 0 saturated carbocycles. The minimum atomic E-state index is 0. The fourth-order valence-electron chi connectivity index (χ4n) is 2.94. The summed E-state index contributed by atoms with van der Waals surface area (Å²) < 4.78 is 7.33. The van der Waals surface area contributed by atoms with Crippen molar-refractivity contribution < 1.29 is 9.53 Å². The number of fused-ring (bicyclic) bond motifs is 1. The van der Waals surface area contributed by atoms with Crippen LogP contribution in [-0.2, 0) is 16.1 Å². The van der Waals surface area contributed by atoms with Crippen molar-refractivity contribution in [1.82, 2.24) is 19.9 Å². The van der Waals surface area contributed by atoms with E-state index in [0.29, 0.717) is 26.2 Å². The van der Waals surface area contributed by atoms with Gasteiger partial charge in [-0.15, -0.1) is 17.5 Å². The largest absolute Gasteiger partial charge is 0.376 e. The van der Waals surface area contributed by atoms with E-state index in [-0.39, 0.29) is 36.9 Å². The Kier molecular flexibility index (Phi) is 5.92. The third kappa shape index (κ3) is 3.63. The number of aromatic nitrogens is 3. The summed E-state index contributed by atoms with van der Waals surface area (Å²) in [6.45, 7) is 4.56. The lowest BCUT2D eigenvalue weighted by Crippen LogP contribution is -2.33. The predicted molar refractivity (Wildman–Crippen MR) is 89.3 cm³/mol. The maximum absolute atomic E-state index is 12.5. The summed E-state index contributed by atoms with van der Waals surface area (Å²) in [5.74, 6) is 0.229. The van der Waals surface area contributed by atoms with Gasteiger partial charge in [-0.25, -0.2) is 4.68 Å². The average Bonchev–Trinajstić information content (AvgIpc) is 3.12. The number of hydrogen-bond donors (Lipinski definition) is 1. The minimum Gasteiger partial charge on any atom is -0.376 e. The summed E-state index contributed by atoms with van der Waals surface area (Å²) in [4.78, 5) is 14.3. The van der Waals surface area contributed by atoms with E-state index in [0.717, 1.165) is 11.0 Å². The molecule has 2 aromatic rings. The third-order valence-electron chi connectivity index (χ3n) is 4.12. The number of hydrogen-bond acceptors (Lipinski definition) is 5. The Hall–Kier alpha value is -1.70. The molecule has 2 N–H and O–H groups in total. The number of carbonyl (C=O) groups excluding carboxylic acids is 1. The number of para-hydroxylation sites is 1. The molecule has 0 radical (unpaired) electrons. The Morgan fingerprint density at radius 2 is 2.17 bits per heavy atom. The van der Waals surface area contributed by atoms with Crippen LogP contribution in [0.1, 0.15) is 6.92 Å². The molecule has 23 heavy (non-hydrogen) atoms. The van der Waals surface area contributed by atoms with Crippen molar-refractivity contribution in [2.75, 3.05) is 26.2 Å². The molecule has 1 amide bonds. The number of likely N-dealkylation sites (tertiary alicyclic amines) is 1. The van der Waals surface area contributed by atoms with Gasteiger partial charge in [-0.1, -0.05) is 17.3 Å². The number of halogens is 1. The van der Waals surface area contributed by atoms with Gasteiger partial charge in [0, 0.05) is 25.6 Å². The number of rotatable bonds is 5. The molecule has 3 rings (SSSR count). The van der Waals surface area contributed by atoms with Gasteiger partial charge in [-0.3, -0.25) is 4.79 Å². The number of benzene rings is 1. The van der Waals surface area contributed by atoms with E-state index < -0.39 is 0 Å². The van der Waals surface area contributed by atoms with Crippen LogP contribution in [0.3, 0.4) is 0 Å². The second kappa shape index (κ2) is 7.72. The first kappa shape index (κ1) is 17.7. The van der Waals surface area contributed by atoms with Crippen molar-refractivity contribution in [3.05, 3.63) is 24.3 Å². The first-order valence-electron chi connectivity index (χ1n) is 7.60. The van der Waals surface area contributed by atoms with Crippen LogP contribution in [0.4, 0.5) is 0 Å². The van der Waals surface area contributed by atoms with E-state index in [1.54, 1.807) is 4.68 Å². The van der Waals surface area contributed by atoms with E-state index in [4.69, 9.17) is 10.5 Å². The Balaban J connectivity index is 0.00000192. The summed E-state index contributed by atoms with van der Waals surface area (Å²) in [5, 5.41) is 8.14. The highest BCUT2D eigenvalue weighted by atomic mass is 35.5. The topological polar surface area (TPSA) is 86.3 Å². The number of amides is 1. The van der Waals surface area contributed by atoms with Crippen molar-refractivity contribution in [3.63, 3.8) is 0 Å². The molecular weight excluding hydrogens is 318 g/mol. The molecule has 2 atom stereocenters. The molecule has 0 bridgehead atoms. The van der Waals surface area contributed by atoms with Crippen LogP contribution >= 0.6 is 12.4 Å². The smallest absolute Gasteiger partial charge is 0.244 e. The number of carbonyl (C=O) groups is 1. The molecule has 1 fully saturated rings. The van der Waals surface area contributed by atoms with Crippen LogP contribution in [0.2, 0.25) is 0 Å². The van der Waals surface area contributed by atoms with Crippen molar-refractivity contribution in [2.45, 2.75) is 19.6 Å². The molecule has 0 unspecified atom stereocenters. The van der Waals surface area contributed by atoms with E-state index in [1.165, 1.54) is 0 Å². The lowest BCUT2D eigenvalue weighted by molar-refractivity contribution is -0.131. The molecular formula is C15H22ClN5O2. The standard InChI is InChI=1S/C15H21N5O2.ClH/c1-2-22-14-9-19(8-11(14)7-16)15(21)10-20-13-6-4-3-5-12(13)17-18-20;/h3-6,11,14H,2,7-10,16H2,1H3;1H/t11-,14-;/m1./s1. The van der Waals surface area contributed by atoms with Gasteiger partial charge >= 0.3 is 0 Å². The molecule has 1 saturated heterocycles. The van der Waals surface area contributed by atoms with Gasteiger partial charge in [-0.05, 0) is 25.6 Å². The maximum Gasteiger partial charge on any atom is 0.244 e. The molecule has 0 spiro atoms. The SMILES string of the molecule is CCO[C@@H]1CN(C(=O)Cn2nnc3ccccc32)C[C@H]1CN.Cl. The molecule has 126 valence electrons.